The van der Waals surface area contributed by atoms with Crippen molar-refractivity contribution in [3.63, 3.8) is 0 Å². The van der Waals surface area contributed by atoms with Crippen LogP contribution < -0.4 is 15.2 Å². The second-order valence-corrected chi connectivity index (χ2v) is 9.42. The zero-order valence-corrected chi connectivity index (χ0v) is 18.0. The fourth-order valence-electron chi connectivity index (χ4n) is 3.15. The van der Waals surface area contributed by atoms with Gasteiger partial charge in [-0.3, -0.25) is 4.79 Å². The lowest BCUT2D eigenvalue weighted by atomic mass is 10.1. The molecule has 1 amide bonds. The molecule has 1 aromatic heterocycles. The van der Waals surface area contributed by atoms with Gasteiger partial charge in [-0.1, -0.05) is 18.2 Å². The number of amides is 1. The fraction of sp³-hybridized carbons (Fsp3) is 0.250. The third-order valence-electron chi connectivity index (χ3n) is 4.71. The first kappa shape index (κ1) is 21.3. The first-order valence-corrected chi connectivity index (χ1v) is 11.2. The zero-order chi connectivity index (χ0) is 21.2. The molecule has 0 saturated heterocycles. The number of thiophene rings is 1. The number of rotatable bonds is 8. The SMILES string of the molecule is COc1ccc(S(=O)(=O)NC[C@@H](c2csc3ccccc23)N(C)C)cc1C(N)=O. The lowest BCUT2D eigenvalue weighted by molar-refractivity contribution is 0.0997. The van der Waals surface area contributed by atoms with Crippen LogP contribution in [0.4, 0.5) is 0 Å². The van der Waals surface area contributed by atoms with Crippen molar-refractivity contribution >= 4 is 37.4 Å². The summed E-state index contributed by atoms with van der Waals surface area (Å²) >= 11 is 1.63. The molecule has 0 fully saturated rings. The summed E-state index contributed by atoms with van der Waals surface area (Å²) in [6, 6.07) is 11.9. The van der Waals surface area contributed by atoms with E-state index in [0.717, 1.165) is 15.6 Å². The number of hydrogen-bond acceptors (Lipinski definition) is 6. The van der Waals surface area contributed by atoms with Crippen LogP contribution in [0, 0.1) is 0 Å². The van der Waals surface area contributed by atoms with Crippen molar-refractivity contribution in [1.82, 2.24) is 9.62 Å². The van der Waals surface area contributed by atoms with Crippen LogP contribution in [-0.4, -0.2) is 47.0 Å². The van der Waals surface area contributed by atoms with Gasteiger partial charge in [0.15, 0.2) is 0 Å². The van der Waals surface area contributed by atoms with Gasteiger partial charge in [-0.15, -0.1) is 11.3 Å². The number of likely N-dealkylation sites (N-methyl/N-ethyl adjacent to an activating group) is 1. The number of primary amides is 1. The molecule has 0 aliphatic rings. The Kier molecular flexibility index (Phi) is 6.23. The van der Waals surface area contributed by atoms with Crippen molar-refractivity contribution in [3.8, 4) is 5.75 Å². The third kappa shape index (κ3) is 4.43. The standard InChI is InChI=1S/C20H23N3O4S2/c1-23(2)17(16-12-28-19-7-5-4-6-14(16)19)11-22-29(25,26)13-8-9-18(27-3)15(10-13)20(21)24/h4-10,12,17,22H,11H2,1-3H3,(H2,21,24)/t17-/m0/s1. The van der Waals surface area contributed by atoms with Gasteiger partial charge in [0.2, 0.25) is 10.0 Å². The van der Waals surface area contributed by atoms with E-state index in [1.165, 1.54) is 25.3 Å². The van der Waals surface area contributed by atoms with E-state index in [2.05, 4.69) is 10.1 Å². The van der Waals surface area contributed by atoms with Crippen molar-refractivity contribution < 1.29 is 17.9 Å². The highest BCUT2D eigenvalue weighted by molar-refractivity contribution is 7.89. The number of nitrogens with two attached hydrogens (primary N) is 1. The number of carbonyl (C=O) groups is 1. The molecule has 0 aliphatic heterocycles. The van der Waals surface area contributed by atoms with Gasteiger partial charge in [-0.2, -0.15) is 0 Å². The number of benzene rings is 2. The highest BCUT2D eigenvalue weighted by atomic mass is 32.2. The van der Waals surface area contributed by atoms with Crippen LogP contribution in [0.15, 0.2) is 52.7 Å². The number of ether oxygens (including phenoxy) is 1. The number of nitrogens with one attached hydrogen (secondary N) is 1. The van der Waals surface area contributed by atoms with Gasteiger partial charge >= 0.3 is 0 Å². The summed E-state index contributed by atoms with van der Waals surface area (Å²) in [6.45, 7) is 0.175. The van der Waals surface area contributed by atoms with E-state index in [-0.39, 0.29) is 28.8 Å². The van der Waals surface area contributed by atoms with E-state index in [1.807, 2.05) is 43.3 Å². The van der Waals surface area contributed by atoms with Crippen molar-refractivity contribution in [1.29, 1.82) is 0 Å². The second kappa shape index (κ2) is 8.50. The molecule has 0 saturated carbocycles. The van der Waals surface area contributed by atoms with Gasteiger partial charge in [0.05, 0.1) is 17.6 Å². The summed E-state index contributed by atoms with van der Waals surface area (Å²) < 4.78 is 34.6. The Labute approximate surface area is 174 Å². The molecule has 154 valence electrons. The molecule has 0 bridgehead atoms. The van der Waals surface area contributed by atoms with E-state index in [4.69, 9.17) is 10.5 Å². The molecule has 0 unspecified atom stereocenters. The highest BCUT2D eigenvalue weighted by Crippen LogP contribution is 2.32. The van der Waals surface area contributed by atoms with Crippen LogP contribution in [0.1, 0.15) is 22.0 Å². The first-order valence-electron chi connectivity index (χ1n) is 8.84. The minimum atomic E-state index is -3.85. The Bertz CT molecular complexity index is 1140. The normalized spacial score (nSPS) is 13.0. The average Bonchev–Trinajstić information content (AvgIpc) is 3.11. The number of methoxy groups -OCH3 is 1. The molecule has 1 atom stereocenters. The molecule has 0 aliphatic carbocycles. The summed E-state index contributed by atoms with van der Waals surface area (Å²) in [5, 5.41) is 3.17. The van der Waals surface area contributed by atoms with Gasteiger partial charge in [0, 0.05) is 17.3 Å². The maximum Gasteiger partial charge on any atom is 0.252 e. The van der Waals surface area contributed by atoms with Gasteiger partial charge in [-0.25, -0.2) is 13.1 Å². The molecule has 3 aromatic rings. The molecule has 3 N–H and O–H groups in total. The summed E-state index contributed by atoms with van der Waals surface area (Å²) in [7, 11) is 1.35. The topological polar surface area (TPSA) is 102 Å². The minimum Gasteiger partial charge on any atom is -0.496 e. The average molecular weight is 434 g/mol. The van der Waals surface area contributed by atoms with Gasteiger partial charge < -0.3 is 15.4 Å². The van der Waals surface area contributed by atoms with E-state index in [9.17, 15) is 13.2 Å². The Hall–Kier alpha value is -2.46. The number of fused-ring (bicyclic) bond motifs is 1. The molecule has 0 radical (unpaired) electrons. The van der Waals surface area contributed by atoms with E-state index >= 15 is 0 Å². The smallest absolute Gasteiger partial charge is 0.252 e. The molecule has 7 nitrogen and oxygen atoms in total. The molecule has 9 heteroatoms. The predicted molar refractivity (Wildman–Crippen MR) is 115 cm³/mol. The highest BCUT2D eigenvalue weighted by Gasteiger charge is 2.23. The van der Waals surface area contributed by atoms with Crippen LogP contribution in [0.3, 0.4) is 0 Å². The first-order chi connectivity index (χ1) is 13.7. The van der Waals surface area contributed by atoms with Crippen LogP contribution in [0.2, 0.25) is 0 Å². The predicted octanol–water partition coefficient (Wildman–Crippen LogP) is 2.59. The summed E-state index contributed by atoms with van der Waals surface area (Å²) in [6.07, 6.45) is 0. The molecular formula is C20H23N3O4S2. The Balaban J connectivity index is 1.88. The summed E-state index contributed by atoms with van der Waals surface area (Å²) in [5.41, 5.74) is 6.42. The quantitative estimate of drug-likeness (QED) is 0.569. The van der Waals surface area contributed by atoms with Crippen LogP contribution in [-0.2, 0) is 10.0 Å². The van der Waals surface area contributed by atoms with E-state index < -0.39 is 15.9 Å². The Morgan fingerprint density at radius 2 is 1.97 bits per heavy atom. The molecule has 29 heavy (non-hydrogen) atoms. The largest absolute Gasteiger partial charge is 0.496 e. The number of nitrogens with zero attached hydrogens (tertiary/aromatic N) is 1. The van der Waals surface area contributed by atoms with Crippen molar-refractivity contribution in [2.24, 2.45) is 5.73 Å². The fourth-order valence-corrected chi connectivity index (χ4v) is 5.22. The second-order valence-electron chi connectivity index (χ2n) is 6.74. The van der Waals surface area contributed by atoms with Crippen molar-refractivity contribution in [2.75, 3.05) is 27.7 Å². The maximum absolute atomic E-state index is 12.8. The maximum atomic E-state index is 12.8. The Morgan fingerprint density at radius 1 is 1.24 bits per heavy atom. The summed E-state index contributed by atoms with van der Waals surface area (Å²) in [4.78, 5) is 13.5. The van der Waals surface area contributed by atoms with Crippen molar-refractivity contribution in [2.45, 2.75) is 10.9 Å². The number of sulfonamides is 1. The lowest BCUT2D eigenvalue weighted by Crippen LogP contribution is -2.34. The van der Waals surface area contributed by atoms with E-state index in [0.29, 0.717) is 0 Å². The number of carbonyl (C=O) groups excluding carboxylic acids is 1. The molecule has 3 rings (SSSR count). The van der Waals surface area contributed by atoms with Gasteiger partial charge in [0.25, 0.3) is 5.91 Å². The van der Waals surface area contributed by atoms with Crippen LogP contribution >= 0.6 is 11.3 Å². The summed E-state index contributed by atoms with van der Waals surface area (Å²) in [5.74, 6) is -0.526. The minimum absolute atomic E-state index is 0.0170. The number of hydrogen-bond donors (Lipinski definition) is 2. The van der Waals surface area contributed by atoms with Gasteiger partial charge in [0.1, 0.15) is 5.75 Å². The molecule has 0 spiro atoms. The van der Waals surface area contributed by atoms with Crippen molar-refractivity contribution in [3.05, 3.63) is 59.0 Å². The lowest BCUT2D eigenvalue weighted by Gasteiger charge is -2.24. The molecular weight excluding hydrogens is 410 g/mol. The van der Waals surface area contributed by atoms with Crippen LogP contribution in [0.25, 0.3) is 10.1 Å². The molecule has 2 aromatic carbocycles. The molecule has 1 heterocycles. The zero-order valence-electron chi connectivity index (χ0n) is 16.4. The third-order valence-corrected chi connectivity index (χ3v) is 7.11. The monoisotopic (exact) mass is 433 g/mol. The van der Waals surface area contributed by atoms with E-state index in [1.54, 1.807) is 11.3 Å². The Morgan fingerprint density at radius 3 is 2.62 bits per heavy atom. The van der Waals surface area contributed by atoms with Crippen LogP contribution in [0.5, 0.6) is 5.75 Å². The van der Waals surface area contributed by atoms with Gasteiger partial charge in [-0.05, 0) is 54.7 Å².